The largest absolute Gasteiger partial charge is 0.483 e. The van der Waals surface area contributed by atoms with Gasteiger partial charge >= 0.3 is 0 Å². The number of amides is 1. The number of nitrogens with one attached hydrogen (secondary N) is 1. The maximum atomic E-state index is 12.1. The van der Waals surface area contributed by atoms with E-state index in [1.807, 2.05) is 92.0 Å². The minimum Gasteiger partial charge on any atom is -0.483 e. The SMILES string of the molecule is CN(CCNC(=O)COc1ccccc1-c1ccccc1)c1ccccc1. The van der Waals surface area contributed by atoms with Crippen LogP contribution in [0.4, 0.5) is 5.69 Å². The maximum absolute atomic E-state index is 12.1. The van der Waals surface area contributed by atoms with Gasteiger partial charge in [0.2, 0.25) is 0 Å². The zero-order chi connectivity index (χ0) is 18.9. The van der Waals surface area contributed by atoms with Crippen LogP contribution in [0.25, 0.3) is 11.1 Å². The Hall–Kier alpha value is -3.27. The summed E-state index contributed by atoms with van der Waals surface area (Å²) >= 11 is 0. The first-order chi connectivity index (χ1) is 13.2. The highest BCUT2D eigenvalue weighted by molar-refractivity contribution is 5.78. The lowest BCUT2D eigenvalue weighted by Crippen LogP contribution is -2.35. The standard InChI is InChI=1S/C23H24N2O2/c1-25(20-12-6-3-7-13-20)17-16-24-23(26)18-27-22-15-9-8-14-21(22)19-10-4-2-5-11-19/h2-15H,16-18H2,1H3,(H,24,26). The summed E-state index contributed by atoms with van der Waals surface area (Å²) in [5, 5.41) is 2.91. The van der Waals surface area contributed by atoms with Crippen LogP contribution < -0.4 is 15.0 Å². The van der Waals surface area contributed by atoms with E-state index in [0.29, 0.717) is 12.3 Å². The van der Waals surface area contributed by atoms with E-state index in [1.54, 1.807) is 0 Å². The smallest absolute Gasteiger partial charge is 0.258 e. The molecule has 0 aromatic heterocycles. The van der Waals surface area contributed by atoms with Gasteiger partial charge in [0.05, 0.1) is 0 Å². The summed E-state index contributed by atoms with van der Waals surface area (Å²) < 4.78 is 5.77. The Balaban J connectivity index is 1.49. The molecule has 4 heteroatoms. The molecule has 138 valence electrons. The van der Waals surface area contributed by atoms with Gasteiger partial charge in [0.15, 0.2) is 6.61 Å². The van der Waals surface area contributed by atoms with Gasteiger partial charge in [0.25, 0.3) is 5.91 Å². The molecule has 0 aliphatic heterocycles. The highest BCUT2D eigenvalue weighted by Gasteiger charge is 2.08. The number of anilines is 1. The Labute approximate surface area is 160 Å². The van der Waals surface area contributed by atoms with Crippen molar-refractivity contribution in [1.82, 2.24) is 5.32 Å². The van der Waals surface area contributed by atoms with Gasteiger partial charge in [-0.2, -0.15) is 0 Å². The monoisotopic (exact) mass is 360 g/mol. The number of carbonyl (C=O) groups is 1. The fraction of sp³-hybridized carbons (Fsp3) is 0.174. The lowest BCUT2D eigenvalue weighted by Gasteiger charge is -2.19. The molecule has 0 fully saturated rings. The molecular weight excluding hydrogens is 336 g/mol. The molecule has 0 radical (unpaired) electrons. The van der Waals surface area contributed by atoms with Crippen molar-refractivity contribution in [2.45, 2.75) is 0 Å². The molecule has 0 spiro atoms. The van der Waals surface area contributed by atoms with Gasteiger partial charge in [-0.05, 0) is 23.8 Å². The van der Waals surface area contributed by atoms with Gasteiger partial charge < -0.3 is 15.0 Å². The van der Waals surface area contributed by atoms with Crippen molar-refractivity contribution in [3.63, 3.8) is 0 Å². The number of hydrogen-bond donors (Lipinski definition) is 1. The summed E-state index contributed by atoms with van der Waals surface area (Å²) in [5.74, 6) is 0.583. The summed E-state index contributed by atoms with van der Waals surface area (Å²) in [5.41, 5.74) is 3.17. The predicted octanol–water partition coefficient (Wildman–Crippen LogP) is 3.99. The van der Waals surface area contributed by atoms with E-state index < -0.39 is 0 Å². The van der Waals surface area contributed by atoms with Crippen molar-refractivity contribution in [3.8, 4) is 16.9 Å². The number of nitrogens with zero attached hydrogens (tertiary/aromatic N) is 1. The molecule has 3 aromatic rings. The second kappa shape index (κ2) is 9.43. The van der Waals surface area contributed by atoms with Crippen LogP contribution >= 0.6 is 0 Å². The average Bonchev–Trinajstić information content (AvgIpc) is 2.73. The molecule has 1 amide bonds. The van der Waals surface area contributed by atoms with E-state index in [-0.39, 0.29) is 12.5 Å². The van der Waals surface area contributed by atoms with Gasteiger partial charge in [0, 0.05) is 31.4 Å². The third-order valence-electron chi connectivity index (χ3n) is 4.30. The third-order valence-corrected chi connectivity index (χ3v) is 4.30. The average molecular weight is 360 g/mol. The minimum absolute atomic E-state index is 0.00109. The van der Waals surface area contributed by atoms with E-state index in [1.165, 1.54) is 0 Å². The highest BCUT2D eigenvalue weighted by atomic mass is 16.5. The molecule has 0 unspecified atom stereocenters. The van der Waals surface area contributed by atoms with Crippen molar-refractivity contribution in [3.05, 3.63) is 84.9 Å². The van der Waals surface area contributed by atoms with E-state index in [4.69, 9.17) is 4.74 Å². The molecule has 0 saturated heterocycles. The molecule has 0 aliphatic rings. The van der Waals surface area contributed by atoms with Crippen LogP contribution in [0.2, 0.25) is 0 Å². The van der Waals surface area contributed by atoms with Crippen LogP contribution in [-0.4, -0.2) is 32.7 Å². The molecule has 3 rings (SSSR count). The molecule has 0 heterocycles. The Bertz CT molecular complexity index is 851. The fourth-order valence-corrected chi connectivity index (χ4v) is 2.82. The molecule has 0 atom stereocenters. The Morgan fingerprint density at radius 1 is 0.889 bits per heavy atom. The zero-order valence-corrected chi connectivity index (χ0v) is 15.5. The van der Waals surface area contributed by atoms with Crippen molar-refractivity contribution < 1.29 is 9.53 Å². The molecular formula is C23H24N2O2. The van der Waals surface area contributed by atoms with Crippen LogP contribution in [0.1, 0.15) is 0 Å². The molecule has 27 heavy (non-hydrogen) atoms. The Morgan fingerprint density at radius 3 is 2.26 bits per heavy atom. The Morgan fingerprint density at radius 2 is 1.52 bits per heavy atom. The Kier molecular flexibility index (Phi) is 6.47. The minimum atomic E-state index is -0.126. The summed E-state index contributed by atoms with van der Waals surface area (Å²) in [7, 11) is 2.01. The van der Waals surface area contributed by atoms with Crippen LogP contribution in [0.15, 0.2) is 84.9 Å². The number of para-hydroxylation sites is 2. The fourth-order valence-electron chi connectivity index (χ4n) is 2.82. The second-order valence-electron chi connectivity index (χ2n) is 6.26. The first kappa shape index (κ1) is 18.5. The highest BCUT2D eigenvalue weighted by Crippen LogP contribution is 2.29. The number of ether oxygens (including phenoxy) is 1. The number of hydrogen-bond acceptors (Lipinski definition) is 3. The molecule has 3 aromatic carbocycles. The van der Waals surface area contributed by atoms with Crippen LogP contribution in [-0.2, 0) is 4.79 Å². The summed E-state index contributed by atoms with van der Waals surface area (Å²) in [6.45, 7) is 1.29. The molecule has 0 saturated carbocycles. The van der Waals surface area contributed by atoms with Crippen LogP contribution in [0.3, 0.4) is 0 Å². The van der Waals surface area contributed by atoms with Gasteiger partial charge in [-0.15, -0.1) is 0 Å². The third kappa shape index (κ3) is 5.35. The summed E-state index contributed by atoms with van der Waals surface area (Å²) in [6.07, 6.45) is 0. The van der Waals surface area contributed by atoms with E-state index >= 15 is 0 Å². The zero-order valence-electron chi connectivity index (χ0n) is 15.5. The molecule has 4 nitrogen and oxygen atoms in total. The number of rotatable bonds is 8. The lowest BCUT2D eigenvalue weighted by molar-refractivity contribution is -0.123. The van der Waals surface area contributed by atoms with Crippen molar-refractivity contribution in [2.24, 2.45) is 0 Å². The second-order valence-corrected chi connectivity index (χ2v) is 6.26. The van der Waals surface area contributed by atoms with E-state index in [0.717, 1.165) is 23.4 Å². The normalized spacial score (nSPS) is 10.3. The molecule has 1 N–H and O–H groups in total. The van der Waals surface area contributed by atoms with Gasteiger partial charge in [0.1, 0.15) is 5.75 Å². The topological polar surface area (TPSA) is 41.6 Å². The molecule has 0 bridgehead atoms. The number of likely N-dealkylation sites (N-methyl/N-ethyl adjacent to an activating group) is 1. The van der Waals surface area contributed by atoms with Crippen LogP contribution in [0.5, 0.6) is 5.75 Å². The first-order valence-corrected chi connectivity index (χ1v) is 9.04. The van der Waals surface area contributed by atoms with E-state index in [9.17, 15) is 4.79 Å². The van der Waals surface area contributed by atoms with Gasteiger partial charge in [-0.25, -0.2) is 0 Å². The van der Waals surface area contributed by atoms with Gasteiger partial charge in [-0.3, -0.25) is 4.79 Å². The quantitative estimate of drug-likeness (QED) is 0.660. The maximum Gasteiger partial charge on any atom is 0.258 e. The van der Waals surface area contributed by atoms with Crippen molar-refractivity contribution >= 4 is 11.6 Å². The van der Waals surface area contributed by atoms with Gasteiger partial charge in [-0.1, -0.05) is 66.7 Å². The number of carbonyl (C=O) groups excluding carboxylic acids is 1. The predicted molar refractivity (Wildman–Crippen MR) is 110 cm³/mol. The van der Waals surface area contributed by atoms with Crippen molar-refractivity contribution in [2.75, 3.05) is 31.6 Å². The number of benzene rings is 3. The summed E-state index contributed by atoms with van der Waals surface area (Å²) in [4.78, 5) is 14.2. The summed E-state index contributed by atoms with van der Waals surface area (Å²) in [6, 6.07) is 27.9. The molecule has 0 aliphatic carbocycles. The first-order valence-electron chi connectivity index (χ1n) is 9.04. The van der Waals surface area contributed by atoms with E-state index in [2.05, 4.69) is 10.2 Å². The van der Waals surface area contributed by atoms with Crippen molar-refractivity contribution in [1.29, 1.82) is 0 Å². The lowest BCUT2D eigenvalue weighted by atomic mass is 10.1. The van der Waals surface area contributed by atoms with Crippen LogP contribution in [0, 0.1) is 0 Å².